The van der Waals surface area contributed by atoms with Crippen molar-refractivity contribution in [2.45, 2.75) is 13.8 Å². The van der Waals surface area contributed by atoms with E-state index in [2.05, 4.69) is 23.8 Å². The summed E-state index contributed by atoms with van der Waals surface area (Å²) in [5, 5.41) is 0. The van der Waals surface area contributed by atoms with Crippen LogP contribution < -0.4 is 10.6 Å². The van der Waals surface area contributed by atoms with E-state index in [1.807, 2.05) is 11.9 Å². The van der Waals surface area contributed by atoms with Crippen molar-refractivity contribution in [1.82, 2.24) is 9.97 Å². The molecular weight excluding hydrogens is 208 g/mol. The summed E-state index contributed by atoms with van der Waals surface area (Å²) in [5.41, 5.74) is 6.12. The summed E-state index contributed by atoms with van der Waals surface area (Å²) in [4.78, 5) is 10.7. The van der Waals surface area contributed by atoms with Crippen LogP contribution in [-0.4, -0.2) is 28.5 Å². The molecule has 5 heteroatoms. The van der Waals surface area contributed by atoms with Gasteiger partial charge in [-0.15, -0.1) is 0 Å². The van der Waals surface area contributed by atoms with E-state index in [1.165, 1.54) is 0 Å². The molecule has 1 heterocycles. The van der Waals surface area contributed by atoms with Crippen LogP contribution >= 0.6 is 12.2 Å². The van der Waals surface area contributed by atoms with Gasteiger partial charge in [-0.25, -0.2) is 9.97 Å². The molecule has 0 saturated carbocycles. The van der Waals surface area contributed by atoms with E-state index in [0.29, 0.717) is 22.5 Å². The van der Waals surface area contributed by atoms with Crippen LogP contribution in [0.15, 0.2) is 12.3 Å². The molecule has 0 aromatic carbocycles. The van der Waals surface area contributed by atoms with Gasteiger partial charge in [0.1, 0.15) is 10.7 Å². The average molecular weight is 224 g/mol. The first-order chi connectivity index (χ1) is 7.00. The maximum absolute atomic E-state index is 5.51. The highest BCUT2D eigenvalue weighted by Crippen LogP contribution is 2.07. The van der Waals surface area contributed by atoms with Gasteiger partial charge in [0.25, 0.3) is 0 Å². The van der Waals surface area contributed by atoms with Gasteiger partial charge in [0.2, 0.25) is 5.95 Å². The third-order valence-electron chi connectivity index (χ3n) is 1.88. The van der Waals surface area contributed by atoms with E-state index in [4.69, 9.17) is 18.0 Å². The molecule has 0 aliphatic heterocycles. The second-order valence-electron chi connectivity index (χ2n) is 3.88. The second kappa shape index (κ2) is 5.02. The lowest BCUT2D eigenvalue weighted by Gasteiger charge is -2.19. The third-order valence-corrected chi connectivity index (χ3v) is 2.08. The number of aromatic nitrogens is 2. The fourth-order valence-electron chi connectivity index (χ4n) is 1.30. The Morgan fingerprint density at radius 3 is 2.80 bits per heavy atom. The predicted octanol–water partition coefficient (Wildman–Crippen LogP) is 1.20. The molecule has 0 unspecified atom stereocenters. The van der Waals surface area contributed by atoms with Gasteiger partial charge in [-0.2, -0.15) is 0 Å². The standard InChI is InChI=1S/C10H16N4S/c1-7(2)6-14(3)10-12-5-4-8(13-10)9(11)15/h4-5,7H,6H2,1-3H3,(H2,11,15). The lowest BCUT2D eigenvalue weighted by Crippen LogP contribution is -2.25. The fourth-order valence-corrected chi connectivity index (χ4v) is 1.41. The summed E-state index contributed by atoms with van der Waals surface area (Å²) in [5.74, 6) is 1.22. The molecule has 82 valence electrons. The normalized spacial score (nSPS) is 10.4. The first-order valence-electron chi connectivity index (χ1n) is 4.84. The van der Waals surface area contributed by atoms with Gasteiger partial charge in [0, 0.05) is 19.8 Å². The first kappa shape index (κ1) is 11.8. The van der Waals surface area contributed by atoms with E-state index >= 15 is 0 Å². The molecule has 0 spiro atoms. The molecule has 0 aliphatic carbocycles. The lowest BCUT2D eigenvalue weighted by molar-refractivity contribution is 0.630. The summed E-state index contributed by atoms with van der Waals surface area (Å²) in [6.45, 7) is 5.20. The lowest BCUT2D eigenvalue weighted by atomic mass is 10.2. The number of rotatable bonds is 4. The highest BCUT2D eigenvalue weighted by Gasteiger charge is 2.07. The van der Waals surface area contributed by atoms with Crippen molar-refractivity contribution in [3.05, 3.63) is 18.0 Å². The Morgan fingerprint density at radius 1 is 1.60 bits per heavy atom. The summed E-state index contributed by atoms with van der Waals surface area (Å²) in [6.07, 6.45) is 1.67. The minimum atomic E-state index is 0.302. The molecule has 1 aromatic rings. The molecule has 0 fully saturated rings. The van der Waals surface area contributed by atoms with E-state index in [0.717, 1.165) is 6.54 Å². The quantitative estimate of drug-likeness (QED) is 0.779. The topological polar surface area (TPSA) is 55.0 Å². The van der Waals surface area contributed by atoms with Crippen LogP contribution in [0.3, 0.4) is 0 Å². The van der Waals surface area contributed by atoms with Crippen molar-refractivity contribution >= 4 is 23.2 Å². The highest BCUT2D eigenvalue weighted by atomic mass is 32.1. The summed E-state index contributed by atoms with van der Waals surface area (Å²) >= 11 is 4.87. The molecule has 0 radical (unpaired) electrons. The zero-order chi connectivity index (χ0) is 11.4. The Labute approximate surface area is 95.5 Å². The monoisotopic (exact) mass is 224 g/mol. The van der Waals surface area contributed by atoms with Gasteiger partial charge >= 0.3 is 0 Å². The minimum absolute atomic E-state index is 0.302. The van der Waals surface area contributed by atoms with E-state index < -0.39 is 0 Å². The molecule has 0 atom stereocenters. The van der Waals surface area contributed by atoms with Crippen LogP contribution in [-0.2, 0) is 0 Å². The van der Waals surface area contributed by atoms with Crippen molar-refractivity contribution in [2.75, 3.05) is 18.5 Å². The smallest absolute Gasteiger partial charge is 0.225 e. The summed E-state index contributed by atoms with van der Waals surface area (Å²) < 4.78 is 0. The van der Waals surface area contributed by atoms with Gasteiger partial charge in [-0.1, -0.05) is 26.1 Å². The van der Waals surface area contributed by atoms with Crippen molar-refractivity contribution in [2.24, 2.45) is 11.7 Å². The molecule has 15 heavy (non-hydrogen) atoms. The summed E-state index contributed by atoms with van der Waals surface area (Å²) in [7, 11) is 1.96. The minimum Gasteiger partial charge on any atom is -0.388 e. The zero-order valence-corrected chi connectivity index (χ0v) is 10.1. The van der Waals surface area contributed by atoms with Crippen LogP contribution in [0.4, 0.5) is 5.95 Å². The van der Waals surface area contributed by atoms with Crippen molar-refractivity contribution in [3.63, 3.8) is 0 Å². The van der Waals surface area contributed by atoms with E-state index in [-0.39, 0.29) is 0 Å². The molecule has 0 saturated heterocycles. The molecule has 1 aromatic heterocycles. The number of nitrogens with zero attached hydrogens (tertiary/aromatic N) is 3. The number of thiocarbonyl (C=S) groups is 1. The van der Waals surface area contributed by atoms with E-state index in [9.17, 15) is 0 Å². The predicted molar refractivity (Wildman–Crippen MR) is 66.0 cm³/mol. The molecule has 1 rings (SSSR count). The van der Waals surface area contributed by atoms with Gasteiger partial charge in [-0.05, 0) is 12.0 Å². The van der Waals surface area contributed by atoms with E-state index in [1.54, 1.807) is 12.3 Å². The third kappa shape index (κ3) is 3.43. The Balaban J connectivity index is 2.85. The molecule has 0 aliphatic rings. The number of anilines is 1. The number of nitrogens with two attached hydrogens (primary N) is 1. The second-order valence-corrected chi connectivity index (χ2v) is 4.32. The maximum Gasteiger partial charge on any atom is 0.225 e. The number of hydrogen-bond donors (Lipinski definition) is 1. The molecule has 2 N–H and O–H groups in total. The fraction of sp³-hybridized carbons (Fsp3) is 0.500. The Hall–Kier alpha value is -1.23. The van der Waals surface area contributed by atoms with Crippen LogP contribution in [0.2, 0.25) is 0 Å². The largest absolute Gasteiger partial charge is 0.388 e. The van der Waals surface area contributed by atoms with Gasteiger partial charge in [0.15, 0.2) is 0 Å². The Bertz CT molecular complexity index is 351. The zero-order valence-electron chi connectivity index (χ0n) is 9.27. The van der Waals surface area contributed by atoms with Crippen LogP contribution in [0, 0.1) is 5.92 Å². The maximum atomic E-state index is 5.51. The molecule has 4 nitrogen and oxygen atoms in total. The summed E-state index contributed by atoms with van der Waals surface area (Å²) in [6, 6.07) is 1.72. The van der Waals surface area contributed by atoms with Crippen molar-refractivity contribution in [1.29, 1.82) is 0 Å². The molecular formula is C10H16N4S. The number of hydrogen-bond acceptors (Lipinski definition) is 4. The average Bonchev–Trinajstić information content (AvgIpc) is 2.17. The van der Waals surface area contributed by atoms with Gasteiger partial charge in [-0.3, -0.25) is 0 Å². The Kier molecular flexibility index (Phi) is 3.96. The molecule has 0 bridgehead atoms. The van der Waals surface area contributed by atoms with Crippen LogP contribution in [0.5, 0.6) is 0 Å². The highest BCUT2D eigenvalue weighted by molar-refractivity contribution is 7.80. The Morgan fingerprint density at radius 2 is 2.27 bits per heavy atom. The SMILES string of the molecule is CC(C)CN(C)c1nccc(C(N)=S)n1. The van der Waals surface area contributed by atoms with Gasteiger partial charge < -0.3 is 10.6 Å². The van der Waals surface area contributed by atoms with Gasteiger partial charge in [0.05, 0.1) is 0 Å². The van der Waals surface area contributed by atoms with Crippen molar-refractivity contribution < 1.29 is 0 Å². The van der Waals surface area contributed by atoms with Crippen molar-refractivity contribution in [3.8, 4) is 0 Å². The van der Waals surface area contributed by atoms with Crippen LogP contribution in [0.1, 0.15) is 19.5 Å². The first-order valence-corrected chi connectivity index (χ1v) is 5.25. The van der Waals surface area contributed by atoms with Crippen LogP contribution in [0.25, 0.3) is 0 Å². The molecule has 0 amide bonds.